The van der Waals surface area contributed by atoms with Crippen molar-refractivity contribution < 1.29 is 12.8 Å². The topological polar surface area (TPSA) is 79.8 Å². The first-order valence-corrected chi connectivity index (χ1v) is 8.87. The van der Waals surface area contributed by atoms with Gasteiger partial charge < -0.3 is 10.2 Å². The van der Waals surface area contributed by atoms with E-state index in [1.54, 1.807) is 17.3 Å². The molecule has 1 aromatic rings. The third-order valence-corrected chi connectivity index (χ3v) is 6.24. The highest BCUT2D eigenvalue weighted by molar-refractivity contribution is 7.89. The van der Waals surface area contributed by atoms with Crippen molar-refractivity contribution in [2.45, 2.75) is 44.7 Å². The van der Waals surface area contributed by atoms with E-state index >= 15 is 0 Å². The van der Waals surface area contributed by atoms with Gasteiger partial charge in [-0.1, -0.05) is 6.92 Å². The normalized spacial score (nSPS) is 19.8. The summed E-state index contributed by atoms with van der Waals surface area (Å²) in [7, 11) is -3.48. The quantitative estimate of drug-likeness (QED) is 0.882. The minimum absolute atomic E-state index is 0.207. The number of piperazine rings is 1. The van der Waals surface area contributed by atoms with Crippen LogP contribution in [0.3, 0.4) is 0 Å². The fourth-order valence-electron chi connectivity index (χ4n) is 2.66. The maximum absolute atomic E-state index is 12.7. The molecular formula is C14H25N3O3S. The number of furan rings is 1. The Morgan fingerprint density at radius 3 is 2.43 bits per heavy atom. The van der Waals surface area contributed by atoms with Gasteiger partial charge in [0.25, 0.3) is 0 Å². The highest BCUT2D eigenvalue weighted by Crippen LogP contribution is 2.24. The van der Waals surface area contributed by atoms with Gasteiger partial charge in [-0.3, -0.25) is 4.90 Å². The summed E-state index contributed by atoms with van der Waals surface area (Å²) >= 11 is 0. The maximum Gasteiger partial charge on any atom is 0.246 e. The predicted octanol–water partition coefficient (Wildman–Crippen LogP) is 1.15. The number of aryl methyl sites for hydroxylation is 1. The van der Waals surface area contributed by atoms with Crippen LogP contribution in [0, 0.1) is 6.92 Å². The van der Waals surface area contributed by atoms with Gasteiger partial charge in [-0.25, -0.2) is 8.42 Å². The van der Waals surface area contributed by atoms with Gasteiger partial charge in [0.1, 0.15) is 16.4 Å². The molecule has 0 radical (unpaired) electrons. The number of hydrogen-bond acceptors (Lipinski definition) is 5. The summed E-state index contributed by atoms with van der Waals surface area (Å²) in [6.07, 6.45) is 1.08. The number of nitrogens with two attached hydrogens (primary N) is 1. The Labute approximate surface area is 126 Å². The lowest BCUT2D eigenvalue weighted by Gasteiger charge is -2.37. The second-order valence-corrected chi connectivity index (χ2v) is 7.44. The average molecular weight is 315 g/mol. The zero-order valence-electron chi connectivity index (χ0n) is 13.0. The molecule has 1 aliphatic rings. The molecule has 6 nitrogen and oxygen atoms in total. The Morgan fingerprint density at radius 1 is 1.33 bits per heavy atom. The van der Waals surface area contributed by atoms with E-state index in [4.69, 9.17) is 10.2 Å². The first-order valence-electron chi connectivity index (χ1n) is 7.43. The van der Waals surface area contributed by atoms with Gasteiger partial charge in [0, 0.05) is 38.3 Å². The fraction of sp³-hybridized carbons (Fsp3) is 0.714. The van der Waals surface area contributed by atoms with Crippen LogP contribution in [0.2, 0.25) is 0 Å². The molecular weight excluding hydrogens is 290 g/mol. The molecule has 0 amide bonds. The van der Waals surface area contributed by atoms with Gasteiger partial charge in [-0.05, 0) is 20.3 Å². The minimum Gasteiger partial charge on any atom is -0.464 e. The van der Waals surface area contributed by atoms with Crippen molar-refractivity contribution in [3.05, 3.63) is 17.6 Å². The van der Waals surface area contributed by atoms with Crippen molar-refractivity contribution in [3.63, 3.8) is 0 Å². The van der Waals surface area contributed by atoms with Gasteiger partial charge in [-0.2, -0.15) is 4.31 Å². The van der Waals surface area contributed by atoms with Crippen LogP contribution in [-0.2, 0) is 16.6 Å². The summed E-state index contributed by atoms with van der Waals surface area (Å²) < 4.78 is 32.3. The lowest BCUT2D eigenvalue weighted by Crippen LogP contribution is -2.51. The van der Waals surface area contributed by atoms with Gasteiger partial charge in [0.15, 0.2) is 0 Å². The lowest BCUT2D eigenvalue weighted by atomic mass is 10.2. The number of sulfonamides is 1. The average Bonchev–Trinajstić information content (AvgIpc) is 2.88. The van der Waals surface area contributed by atoms with Crippen LogP contribution in [0.15, 0.2) is 15.4 Å². The molecule has 0 spiro atoms. The van der Waals surface area contributed by atoms with Crippen LogP contribution < -0.4 is 5.73 Å². The van der Waals surface area contributed by atoms with E-state index < -0.39 is 10.0 Å². The van der Waals surface area contributed by atoms with Crippen LogP contribution in [-0.4, -0.2) is 49.8 Å². The molecule has 0 aromatic carbocycles. The highest BCUT2D eigenvalue weighted by atomic mass is 32.2. The van der Waals surface area contributed by atoms with Crippen LogP contribution in [0.25, 0.3) is 0 Å². The van der Waals surface area contributed by atoms with E-state index in [1.165, 1.54) is 0 Å². The lowest BCUT2D eigenvalue weighted by molar-refractivity contribution is 0.142. The van der Waals surface area contributed by atoms with E-state index in [2.05, 4.69) is 18.7 Å². The van der Waals surface area contributed by atoms with Crippen LogP contribution >= 0.6 is 0 Å². The first-order chi connectivity index (χ1) is 9.90. The Hall–Kier alpha value is -0.890. The van der Waals surface area contributed by atoms with E-state index in [1.807, 2.05) is 0 Å². The van der Waals surface area contributed by atoms with E-state index in [0.29, 0.717) is 30.7 Å². The summed E-state index contributed by atoms with van der Waals surface area (Å²) in [4.78, 5) is 2.58. The van der Waals surface area contributed by atoms with Crippen molar-refractivity contribution in [3.8, 4) is 0 Å². The molecule has 0 saturated carbocycles. The zero-order valence-corrected chi connectivity index (χ0v) is 13.8. The van der Waals surface area contributed by atoms with Gasteiger partial charge in [0.05, 0.1) is 6.54 Å². The SMILES string of the molecule is CCC(C)N1CCN(S(=O)(=O)c2cc(CN)oc2C)CC1. The fourth-order valence-corrected chi connectivity index (χ4v) is 4.27. The van der Waals surface area contributed by atoms with Gasteiger partial charge in [-0.15, -0.1) is 0 Å². The largest absolute Gasteiger partial charge is 0.464 e. The molecule has 2 heterocycles. The van der Waals surface area contributed by atoms with E-state index in [9.17, 15) is 8.42 Å². The first kappa shape index (κ1) is 16.5. The van der Waals surface area contributed by atoms with Crippen molar-refractivity contribution in [2.24, 2.45) is 5.73 Å². The van der Waals surface area contributed by atoms with Crippen molar-refractivity contribution >= 4 is 10.0 Å². The van der Waals surface area contributed by atoms with Crippen molar-refractivity contribution in [1.82, 2.24) is 9.21 Å². The second kappa shape index (κ2) is 6.48. The maximum atomic E-state index is 12.7. The van der Waals surface area contributed by atoms with Crippen LogP contribution in [0.5, 0.6) is 0 Å². The summed E-state index contributed by atoms with van der Waals surface area (Å²) in [5.74, 6) is 0.920. The molecule has 1 unspecified atom stereocenters. The molecule has 1 atom stereocenters. The summed E-state index contributed by atoms with van der Waals surface area (Å²) in [5.41, 5.74) is 5.51. The molecule has 0 bridgehead atoms. The van der Waals surface area contributed by atoms with Crippen LogP contribution in [0.1, 0.15) is 31.8 Å². The monoisotopic (exact) mass is 315 g/mol. The molecule has 21 heavy (non-hydrogen) atoms. The third-order valence-electron chi connectivity index (χ3n) is 4.23. The molecule has 1 aliphatic heterocycles. The second-order valence-electron chi connectivity index (χ2n) is 5.53. The van der Waals surface area contributed by atoms with E-state index in [-0.39, 0.29) is 11.4 Å². The summed E-state index contributed by atoms with van der Waals surface area (Å²) in [6.45, 7) is 8.79. The molecule has 1 saturated heterocycles. The molecule has 2 N–H and O–H groups in total. The number of hydrogen-bond donors (Lipinski definition) is 1. The summed E-state index contributed by atoms with van der Waals surface area (Å²) in [6, 6.07) is 2.04. The van der Waals surface area contributed by atoms with E-state index in [0.717, 1.165) is 19.5 Å². The minimum atomic E-state index is -3.48. The smallest absolute Gasteiger partial charge is 0.246 e. The zero-order chi connectivity index (χ0) is 15.6. The Kier molecular flexibility index (Phi) is 5.08. The number of rotatable bonds is 5. The van der Waals surface area contributed by atoms with Crippen LogP contribution in [0.4, 0.5) is 0 Å². The highest BCUT2D eigenvalue weighted by Gasteiger charge is 2.32. The molecule has 7 heteroatoms. The number of nitrogens with zero attached hydrogens (tertiary/aromatic N) is 2. The Bertz CT molecular complexity index is 574. The predicted molar refractivity (Wildman–Crippen MR) is 81.4 cm³/mol. The standard InChI is InChI=1S/C14H25N3O3S/c1-4-11(2)16-5-7-17(8-6-16)21(18,19)14-9-13(10-15)20-12(14)3/h9,11H,4-8,10,15H2,1-3H3. The molecule has 120 valence electrons. The molecule has 0 aliphatic carbocycles. The third kappa shape index (κ3) is 3.31. The molecule has 2 rings (SSSR count). The van der Waals surface area contributed by atoms with Gasteiger partial charge in [0.2, 0.25) is 10.0 Å². The van der Waals surface area contributed by atoms with Crippen molar-refractivity contribution in [1.29, 1.82) is 0 Å². The van der Waals surface area contributed by atoms with Gasteiger partial charge >= 0.3 is 0 Å². The Morgan fingerprint density at radius 2 is 1.95 bits per heavy atom. The Balaban J connectivity index is 2.13. The van der Waals surface area contributed by atoms with Crippen molar-refractivity contribution in [2.75, 3.05) is 26.2 Å². The summed E-state index contributed by atoms with van der Waals surface area (Å²) in [5, 5.41) is 0. The molecule has 1 aromatic heterocycles. The molecule has 1 fully saturated rings.